The molecule has 0 aromatic carbocycles. The Morgan fingerprint density at radius 3 is 2.37 bits per heavy atom. The van der Waals surface area contributed by atoms with Crippen LogP contribution in [0, 0.1) is 5.92 Å². The van der Waals surface area contributed by atoms with Crippen LogP contribution in [0.25, 0.3) is 0 Å². The summed E-state index contributed by atoms with van der Waals surface area (Å²) >= 11 is 0. The molecule has 1 fully saturated rings. The Bertz CT molecular complexity index is 314. The topological polar surface area (TPSA) is 81.7 Å². The van der Waals surface area contributed by atoms with Gasteiger partial charge in [-0.15, -0.1) is 0 Å². The molecule has 1 heterocycles. The van der Waals surface area contributed by atoms with Crippen LogP contribution < -0.4 is 10.6 Å². The third-order valence-electron chi connectivity index (χ3n) is 3.56. The second kappa shape index (κ2) is 7.33. The first-order chi connectivity index (χ1) is 8.97. The van der Waals surface area contributed by atoms with E-state index in [1.165, 1.54) is 0 Å². The molecule has 1 atom stereocenters. The minimum atomic E-state index is -0.982. The Kier molecular flexibility index (Phi) is 6.08. The summed E-state index contributed by atoms with van der Waals surface area (Å²) in [5.74, 6) is -1.11. The molecule has 2 amide bonds. The average Bonchev–Trinajstić information content (AvgIpc) is 2.37. The van der Waals surface area contributed by atoms with Crippen molar-refractivity contribution in [1.29, 1.82) is 0 Å². The van der Waals surface area contributed by atoms with Crippen molar-refractivity contribution in [2.75, 3.05) is 19.6 Å². The second-order valence-electron chi connectivity index (χ2n) is 5.28. The number of urea groups is 1. The zero-order valence-corrected chi connectivity index (χ0v) is 12.0. The Balaban J connectivity index is 2.64. The van der Waals surface area contributed by atoms with Crippen LogP contribution in [0.3, 0.4) is 0 Å². The van der Waals surface area contributed by atoms with Gasteiger partial charge in [0, 0.05) is 12.6 Å². The number of nitrogens with zero attached hydrogens (tertiary/aromatic N) is 1. The molecular formula is C13H25N3O3. The quantitative estimate of drug-likeness (QED) is 0.693. The van der Waals surface area contributed by atoms with Crippen LogP contribution in [0.15, 0.2) is 0 Å². The van der Waals surface area contributed by atoms with E-state index >= 15 is 0 Å². The van der Waals surface area contributed by atoms with E-state index in [9.17, 15) is 9.59 Å². The summed E-state index contributed by atoms with van der Waals surface area (Å²) in [6, 6.07) is -0.897. The Morgan fingerprint density at radius 2 is 1.95 bits per heavy atom. The molecule has 0 unspecified atom stereocenters. The van der Waals surface area contributed by atoms with E-state index in [2.05, 4.69) is 10.6 Å². The lowest BCUT2D eigenvalue weighted by Gasteiger charge is -2.35. The van der Waals surface area contributed by atoms with Gasteiger partial charge in [-0.3, -0.25) is 0 Å². The maximum absolute atomic E-state index is 12.2. The van der Waals surface area contributed by atoms with Gasteiger partial charge in [-0.05, 0) is 38.8 Å². The lowest BCUT2D eigenvalue weighted by molar-refractivity contribution is -0.140. The third-order valence-corrected chi connectivity index (χ3v) is 3.56. The summed E-state index contributed by atoms with van der Waals surface area (Å²) in [4.78, 5) is 25.1. The van der Waals surface area contributed by atoms with E-state index in [0.717, 1.165) is 25.9 Å². The fourth-order valence-electron chi connectivity index (χ4n) is 2.42. The molecule has 1 aliphatic rings. The summed E-state index contributed by atoms with van der Waals surface area (Å²) in [5, 5.41) is 15.0. The molecule has 0 spiro atoms. The molecule has 6 nitrogen and oxygen atoms in total. The number of carboxylic acid groups (broad SMARTS) is 1. The number of hydrogen-bond donors (Lipinski definition) is 3. The molecule has 6 heteroatoms. The maximum Gasteiger partial charge on any atom is 0.326 e. The molecule has 0 radical (unpaired) electrons. The Hall–Kier alpha value is -1.30. The molecule has 0 bridgehead atoms. The summed E-state index contributed by atoms with van der Waals surface area (Å²) in [6.07, 6.45) is 1.83. The van der Waals surface area contributed by atoms with Crippen molar-refractivity contribution in [2.24, 2.45) is 5.92 Å². The van der Waals surface area contributed by atoms with E-state index in [0.29, 0.717) is 6.54 Å². The van der Waals surface area contributed by atoms with Gasteiger partial charge in [0.1, 0.15) is 6.04 Å². The Labute approximate surface area is 114 Å². The van der Waals surface area contributed by atoms with Crippen molar-refractivity contribution in [1.82, 2.24) is 15.5 Å². The largest absolute Gasteiger partial charge is 0.480 e. The molecular weight excluding hydrogens is 246 g/mol. The highest BCUT2D eigenvalue weighted by atomic mass is 16.4. The molecule has 0 aromatic rings. The number of hydrogen-bond acceptors (Lipinski definition) is 3. The van der Waals surface area contributed by atoms with Gasteiger partial charge in [0.05, 0.1) is 0 Å². The van der Waals surface area contributed by atoms with Gasteiger partial charge >= 0.3 is 12.0 Å². The summed E-state index contributed by atoms with van der Waals surface area (Å²) in [6.45, 7) is 7.91. The van der Waals surface area contributed by atoms with Crippen molar-refractivity contribution < 1.29 is 14.7 Å². The van der Waals surface area contributed by atoms with Crippen LogP contribution in [0.2, 0.25) is 0 Å². The van der Waals surface area contributed by atoms with Crippen molar-refractivity contribution in [3.8, 4) is 0 Å². The van der Waals surface area contributed by atoms with Crippen LogP contribution in [-0.4, -0.2) is 53.7 Å². The van der Waals surface area contributed by atoms with Gasteiger partial charge in [-0.2, -0.15) is 0 Å². The van der Waals surface area contributed by atoms with Crippen LogP contribution in [-0.2, 0) is 4.79 Å². The van der Waals surface area contributed by atoms with E-state index in [4.69, 9.17) is 5.11 Å². The van der Waals surface area contributed by atoms with Crippen molar-refractivity contribution in [3.63, 3.8) is 0 Å². The monoisotopic (exact) mass is 271 g/mol. The van der Waals surface area contributed by atoms with Crippen LogP contribution in [0.1, 0.15) is 33.6 Å². The average molecular weight is 271 g/mol. The highest BCUT2D eigenvalue weighted by Gasteiger charge is 2.29. The van der Waals surface area contributed by atoms with E-state index in [1.54, 1.807) is 18.7 Å². The highest BCUT2D eigenvalue weighted by Crippen LogP contribution is 2.12. The van der Waals surface area contributed by atoms with Crippen LogP contribution in [0.4, 0.5) is 4.79 Å². The van der Waals surface area contributed by atoms with Crippen molar-refractivity contribution in [3.05, 3.63) is 0 Å². The number of aliphatic carboxylic acids is 1. The van der Waals surface area contributed by atoms with Gasteiger partial charge in [-0.25, -0.2) is 9.59 Å². The van der Waals surface area contributed by atoms with Crippen LogP contribution >= 0.6 is 0 Å². The minimum Gasteiger partial charge on any atom is -0.480 e. The predicted octanol–water partition coefficient (Wildman–Crippen LogP) is 0.879. The fraction of sp³-hybridized carbons (Fsp3) is 0.846. The third kappa shape index (κ3) is 4.38. The van der Waals surface area contributed by atoms with Gasteiger partial charge in [-0.1, -0.05) is 13.8 Å². The lowest BCUT2D eigenvalue weighted by Crippen LogP contribution is -2.54. The first-order valence-corrected chi connectivity index (χ1v) is 6.98. The number of carbonyl (C=O) groups excluding carboxylic acids is 1. The molecule has 0 aliphatic carbocycles. The smallest absolute Gasteiger partial charge is 0.326 e. The fourth-order valence-corrected chi connectivity index (χ4v) is 2.42. The normalized spacial score (nSPS) is 18.1. The second-order valence-corrected chi connectivity index (χ2v) is 5.28. The predicted molar refractivity (Wildman–Crippen MR) is 73.1 cm³/mol. The van der Waals surface area contributed by atoms with Gasteiger partial charge in [0.2, 0.25) is 0 Å². The number of carbonyl (C=O) groups is 2. The molecule has 1 rings (SSSR count). The van der Waals surface area contributed by atoms with Gasteiger partial charge in [0.25, 0.3) is 0 Å². The highest BCUT2D eigenvalue weighted by molar-refractivity contribution is 5.82. The SMILES string of the molecule is CCN(C(=O)N[C@H](C(=O)O)C(C)C)C1CCNCC1. The zero-order valence-electron chi connectivity index (χ0n) is 12.0. The summed E-state index contributed by atoms with van der Waals surface area (Å²) < 4.78 is 0. The summed E-state index contributed by atoms with van der Waals surface area (Å²) in [5.41, 5.74) is 0. The van der Waals surface area contributed by atoms with Crippen LogP contribution in [0.5, 0.6) is 0 Å². The van der Waals surface area contributed by atoms with E-state index in [1.807, 2.05) is 6.92 Å². The van der Waals surface area contributed by atoms with Gasteiger partial charge in [0.15, 0.2) is 0 Å². The maximum atomic E-state index is 12.2. The van der Waals surface area contributed by atoms with Crippen molar-refractivity contribution in [2.45, 2.75) is 45.7 Å². The zero-order chi connectivity index (χ0) is 14.4. The molecule has 19 heavy (non-hydrogen) atoms. The molecule has 0 saturated carbocycles. The number of rotatable bonds is 5. The number of piperidine rings is 1. The van der Waals surface area contributed by atoms with Crippen molar-refractivity contribution >= 4 is 12.0 Å². The van der Waals surface area contributed by atoms with E-state index in [-0.39, 0.29) is 18.0 Å². The van der Waals surface area contributed by atoms with Gasteiger partial charge < -0.3 is 20.6 Å². The molecule has 0 aromatic heterocycles. The molecule has 3 N–H and O–H groups in total. The number of nitrogens with one attached hydrogen (secondary N) is 2. The Morgan fingerprint density at radius 1 is 1.37 bits per heavy atom. The molecule has 110 valence electrons. The number of carboxylic acids is 1. The molecule has 1 saturated heterocycles. The first-order valence-electron chi connectivity index (χ1n) is 6.98. The standard InChI is InChI=1S/C13H25N3O3/c1-4-16(10-5-7-14-8-6-10)13(19)15-11(9(2)3)12(17)18/h9-11,14H,4-8H2,1-3H3,(H,15,19)(H,17,18)/t11-/m0/s1. The number of amides is 2. The molecule has 1 aliphatic heterocycles. The lowest BCUT2D eigenvalue weighted by atomic mass is 10.0. The minimum absolute atomic E-state index is 0.131. The first kappa shape index (κ1) is 15.8. The summed E-state index contributed by atoms with van der Waals surface area (Å²) in [7, 11) is 0. The van der Waals surface area contributed by atoms with E-state index < -0.39 is 12.0 Å².